The maximum Gasteiger partial charge on any atom is 0.191 e. The van der Waals surface area contributed by atoms with Gasteiger partial charge in [0.1, 0.15) is 5.75 Å². The van der Waals surface area contributed by atoms with Crippen molar-refractivity contribution in [3.63, 3.8) is 0 Å². The molecule has 6 nitrogen and oxygen atoms in total. The highest BCUT2D eigenvalue weighted by molar-refractivity contribution is 14.0. The predicted molar refractivity (Wildman–Crippen MR) is 127 cm³/mol. The molecule has 0 radical (unpaired) electrons. The molecule has 1 aromatic carbocycles. The largest absolute Gasteiger partial charge is 0.497 e. The molecule has 28 heavy (non-hydrogen) atoms. The summed E-state index contributed by atoms with van der Waals surface area (Å²) in [7, 11) is 1.67. The monoisotopic (exact) mass is 518 g/mol. The van der Waals surface area contributed by atoms with Crippen LogP contribution in [0.2, 0.25) is 0 Å². The Hall–Kier alpha value is -1.39. The van der Waals surface area contributed by atoms with Gasteiger partial charge in [-0.15, -0.1) is 35.3 Å². The first-order chi connectivity index (χ1) is 13.1. The van der Waals surface area contributed by atoms with Crippen molar-refractivity contribution in [1.29, 1.82) is 0 Å². The number of ether oxygens (including phenoxy) is 2. The minimum absolute atomic E-state index is 0. The van der Waals surface area contributed by atoms with E-state index >= 15 is 0 Å². The Labute approximate surface area is 189 Å². The maximum atomic E-state index is 5.71. The van der Waals surface area contributed by atoms with Crippen LogP contribution < -0.4 is 15.4 Å². The second-order valence-corrected chi connectivity index (χ2v) is 7.38. The lowest BCUT2D eigenvalue weighted by Gasteiger charge is -2.11. The first-order valence-corrected chi connectivity index (χ1v) is 10.1. The highest BCUT2D eigenvalue weighted by Gasteiger charge is 2.04. The predicted octanol–water partition coefficient (Wildman–Crippen LogP) is 3.70. The van der Waals surface area contributed by atoms with Crippen molar-refractivity contribution in [1.82, 2.24) is 15.6 Å². The van der Waals surface area contributed by atoms with Crippen molar-refractivity contribution in [2.24, 2.45) is 4.99 Å². The third kappa shape index (κ3) is 8.74. The van der Waals surface area contributed by atoms with E-state index in [9.17, 15) is 0 Å². The molecule has 0 amide bonds. The van der Waals surface area contributed by atoms with E-state index in [4.69, 9.17) is 9.47 Å². The number of halogens is 1. The first kappa shape index (κ1) is 24.6. The minimum Gasteiger partial charge on any atom is -0.497 e. The van der Waals surface area contributed by atoms with E-state index in [0.717, 1.165) is 47.5 Å². The summed E-state index contributed by atoms with van der Waals surface area (Å²) >= 11 is 1.76. The van der Waals surface area contributed by atoms with Crippen molar-refractivity contribution in [2.45, 2.75) is 33.8 Å². The van der Waals surface area contributed by atoms with Crippen LogP contribution in [0.4, 0.5) is 0 Å². The van der Waals surface area contributed by atoms with Crippen LogP contribution in [0, 0.1) is 13.8 Å². The molecule has 0 unspecified atom stereocenters. The number of aryl methyl sites for hydroxylation is 2. The summed E-state index contributed by atoms with van der Waals surface area (Å²) in [5.74, 6) is 1.66. The molecule has 0 saturated carbocycles. The summed E-state index contributed by atoms with van der Waals surface area (Å²) in [5, 5.41) is 7.78. The Kier molecular flexibility index (Phi) is 12.1. The number of aromatic nitrogens is 1. The molecule has 8 heteroatoms. The Morgan fingerprint density at radius 3 is 2.75 bits per heavy atom. The highest BCUT2D eigenvalue weighted by Crippen LogP contribution is 2.16. The van der Waals surface area contributed by atoms with Crippen molar-refractivity contribution in [2.75, 3.05) is 33.4 Å². The van der Waals surface area contributed by atoms with Gasteiger partial charge in [0.25, 0.3) is 0 Å². The maximum absolute atomic E-state index is 5.71. The molecule has 0 saturated heterocycles. The van der Waals surface area contributed by atoms with Crippen LogP contribution in [0.1, 0.15) is 28.1 Å². The summed E-state index contributed by atoms with van der Waals surface area (Å²) < 4.78 is 10.9. The fraction of sp³-hybridized carbons (Fsp3) is 0.500. The number of guanidine groups is 1. The molecule has 0 bridgehead atoms. The van der Waals surface area contributed by atoms with Gasteiger partial charge >= 0.3 is 0 Å². The molecule has 1 heterocycles. The first-order valence-electron chi connectivity index (χ1n) is 9.28. The van der Waals surface area contributed by atoms with E-state index in [0.29, 0.717) is 19.8 Å². The quantitative estimate of drug-likeness (QED) is 0.217. The van der Waals surface area contributed by atoms with Gasteiger partial charge in [-0.1, -0.05) is 12.1 Å². The Morgan fingerprint density at radius 2 is 2.07 bits per heavy atom. The van der Waals surface area contributed by atoms with Crippen LogP contribution in [0.5, 0.6) is 5.75 Å². The number of benzene rings is 1. The van der Waals surface area contributed by atoms with Gasteiger partial charge < -0.3 is 20.1 Å². The van der Waals surface area contributed by atoms with Crippen molar-refractivity contribution >= 4 is 41.3 Å². The van der Waals surface area contributed by atoms with E-state index < -0.39 is 0 Å². The second-order valence-electron chi connectivity index (χ2n) is 6.09. The summed E-state index contributed by atoms with van der Waals surface area (Å²) in [6.07, 6.45) is 0.899. The molecule has 2 aromatic rings. The fourth-order valence-electron chi connectivity index (χ4n) is 2.45. The van der Waals surface area contributed by atoms with Gasteiger partial charge in [0.2, 0.25) is 0 Å². The number of nitrogens with one attached hydrogen (secondary N) is 2. The van der Waals surface area contributed by atoms with Crippen LogP contribution in [0.3, 0.4) is 0 Å². The molecule has 2 rings (SSSR count). The molecule has 156 valence electrons. The van der Waals surface area contributed by atoms with Gasteiger partial charge in [-0.05, 0) is 38.5 Å². The molecule has 0 spiro atoms. The standard InChI is InChI=1S/C20H30N4O2S.HI/c1-5-21-20(22-10-9-19-24-15(2)16(3)27-19)23-11-12-26-14-17-7-6-8-18(13-17)25-4;/h6-8,13H,5,9-12,14H2,1-4H3,(H2,21,22,23);1H. The molecule has 0 aliphatic carbocycles. The van der Waals surface area contributed by atoms with Crippen LogP contribution in [0.15, 0.2) is 29.3 Å². The molecule has 0 atom stereocenters. The van der Waals surface area contributed by atoms with E-state index in [2.05, 4.69) is 41.4 Å². The van der Waals surface area contributed by atoms with E-state index in [1.807, 2.05) is 24.3 Å². The zero-order valence-corrected chi connectivity index (χ0v) is 20.2. The lowest BCUT2D eigenvalue weighted by molar-refractivity contribution is 0.128. The molecule has 0 fully saturated rings. The molecule has 2 N–H and O–H groups in total. The molecular formula is C20H31IN4O2S. The fourth-order valence-corrected chi connectivity index (χ4v) is 3.38. The average molecular weight is 518 g/mol. The average Bonchev–Trinajstić information content (AvgIpc) is 2.99. The number of methoxy groups -OCH3 is 1. The van der Waals surface area contributed by atoms with Gasteiger partial charge in [0, 0.05) is 24.4 Å². The lowest BCUT2D eigenvalue weighted by Crippen LogP contribution is -2.38. The number of nitrogens with zero attached hydrogens (tertiary/aromatic N) is 2. The van der Waals surface area contributed by atoms with Gasteiger partial charge in [0.15, 0.2) is 5.96 Å². The number of hydrogen-bond donors (Lipinski definition) is 2. The zero-order valence-electron chi connectivity index (χ0n) is 17.1. The van der Waals surface area contributed by atoms with E-state index in [-0.39, 0.29) is 24.0 Å². The topological polar surface area (TPSA) is 67.8 Å². The number of aliphatic imine (C=N–C) groups is 1. The summed E-state index contributed by atoms with van der Waals surface area (Å²) in [6.45, 7) is 9.59. The normalized spacial score (nSPS) is 11.1. The lowest BCUT2D eigenvalue weighted by atomic mass is 10.2. The van der Waals surface area contributed by atoms with Crippen molar-refractivity contribution in [3.05, 3.63) is 45.4 Å². The van der Waals surface area contributed by atoms with E-state index in [1.165, 1.54) is 4.88 Å². The van der Waals surface area contributed by atoms with Crippen molar-refractivity contribution in [3.8, 4) is 5.75 Å². The summed E-state index contributed by atoms with van der Waals surface area (Å²) in [4.78, 5) is 10.4. The summed E-state index contributed by atoms with van der Waals surface area (Å²) in [5.41, 5.74) is 2.22. The molecule has 1 aromatic heterocycles. The van der Waals surface area contributed by atoms with Crippen molar-refractivity contribution < 1.29 is 9.47 Å². The van der Waals surface area contributed by atoms with Crippen LogP contribution >= 0.6 is 35.3 Å². The highest BCUT2D eigenvalue weighted by atomic mass is 127. The molecular weight excluding hydrogens is 487 g/mol. The van der Waals surface area contributed by atoms with Gasteiger partial charge in [-0.2, -0.15) is 0 Å². The van der Waals surface area contributed by atoms with Crippen LogP contribution in [-0.2, 0) is 17.8 Å². The summed E-state index contributed by atoms with van der Waals surface area (Å²) in [6, 6.07) is 7.90. The second kappa shape index (κ2) is 13.7. The van der Waals surface area contributed by atoms with Crippen LogP contribution in [0.25, 0.3) is 0 Å². The van der Waals surface area contributed by atoms with Gasteiger partial charge in [0.05, 0.1) is 37.6 Å². The zero-order chi connectivity index (χ0) is 19.5. The van der Waals surface area contributed by atoms with Crippen LogP contribution in [-0.4, -0.2) is 44.3 Å². The number of hydrogen-bond acceptors (Lipinski definition) is 5. The third-order valence-corrected chi connectivity index (χ3v) is 5.09. The Morgan fingerprint density at radius 1 is 1.25 bits per heavy atom. The minimum atomic E-state index is 0. The third-order valence-electron chi connectivity index (χ3n) is 3.96. The number of rotatable bonds is 10. The number of thiazole rings is 1. The smallest absolute Gasteiger partial charge is 0.191 e. The Balaban J connectivity index is 0.00000392. The Bertz CT molecular complexity index is 717. The molecule has 0 aliphatic rings. The molecule has 0 aliphatic heterocycles. The van der Waals surface area contributed by atoms with Gasteiger partial charge in [-0.25, -0.2) is 4.98 Å². The SMILES string of the molecule is CCNC(=NCCOCc1cccc(OC)c1)NCCc1nc(C)c(C)s1.I. The van der Waals surface area contributed by atoms with Gasteiger partial charge in [-0.3, -0.25) is 4.99 Å². The van der Waals surface area contributed by atoms with E-state index in [1.54, 1.807) is 18.4 Å².